The highest BCUT2D eigenvalue weighted by Crippen LogP contribution is 2.30. The van der Waals surface area contributed by atoms with Crippen molar-refractivity contribution in [1.29, 1.82) is 5.26 Å². The second-order valence-corrected chi connectivity index (χ2v) is 5.86. The molecule has 0 unspecified atom stereocenters. The van der Waals surface area contributed by atoms with Crippen LogP contribution in [-0.2, 0) is 24.1 Å². The van der Waals surface area contributed by atoms with Crippen molar-refractivity contribution in [2.45, 2.75) is 25.7 Å². The molecule has 5 heteroatoms. The number of hydrogen-bond acceptors (Lipinski definition) is 4. The number of benzene rings is 1. The van der Waals surface area contributed by atoms with E-state index >= 15 is 0 Å². The highest BCUT2D eigenvalue weighted by molar-refractivity contribution is 7.15. The van der Waals surface area contributed by atoms with E-state index in [1.165, 1.54) is 11.3 Å². The second-order valence-electron chi connectivity index (χ2n) is 4.78. The first-order valence-corrected chi connectivity index (χ1v) is 7.34. The molecule has 0 saturated heterocycles. The van der Waals surface area contributed by atoms with Crippen LogP contribution < -0.4 is 5.32 Å². The van der Waals surface area contributed by atoms with Crippen LogP contribution in [0, 0.1) is 11.3 Å². The maximum Gasteiger partial charge on any atom is 0.230 e. The minimum Gasteiger partial charge on any atom is -0.302 e. The molecule has 100 valence electrons. The van der Waals surface area contributed by atoms with E-state index in [0.717, 1.165) is 24.1 Å². The largest absolute Gasteiger partial charge is 0.302 e. The molecule has 1 aliphatic carbocycles. The fraction of sp³-hybridized carbons (Fsp3) is 0.267. The molecule has 0 fully saturated rings. The number of anilines is 1. The van der Waals surface area contributed by atoms with Gasteiger partial charge in [0, 0.05) is 4.88 Å². The Kier molecular flexibility index (Phi) is 3.48. The molecule has 20 heavy (non-hydrogen) atoms. The second kappa shape index (κ2) is 5.43. The number of carbonyl (C=O) groups excluding carboxylic acids is 1. The molecule has 0 radical (unpaired) electrons. The van der Waals surface area contributed by atoms with E-state index < -0.39 is 0 Å². The first-order valence-electron chi connectivity index (χ1n) is 6.52. The van der Waals surface area contributed by atoms with Crippen molar-refractivity contribution in [1.82, 2.24) is 4.98 Å². The monoisotopic (exact) mass is 283 g/mol. The number of nitriles is 1. The quantitative estimate of drug-likeness (QED) is 0.941. The van der Waals surface area contributed by atoms with E-state index in [1.54, 1.807) is 35.6 Å². The molecule has 1 aromatic carbocycles. The summed E-state index contributed by atoms with van der Waals surface area (Å²) in [5.74, 6) is -0.0675. The van der Waals surface area contributed by atoms with Gasteiger partial charge in [0.1, 0.15) is 0 Å². The van der Waals surface area contributed by atoms with Gasteiger partial charge in [0.05, 0.1) is 23.7 Å². The molecular weight excluding hydrogens is 270 g/mol. The molecule has 0 atom stereocenters. The molecule has 1 aliphatic rings. The van der Waals surface area contributed by atoms with Crippen LogP contribution in [0.4, 0.5) is 5.13 Å². The highest BCUT2D eigenvalue weighted by atomic mass is 32.1. The zero-order valence-corrected chi connectivity index (χ0v) is 11.7. The number of rotatable bonds is 3. The highest BCUT2D eigenvalue weighted by Gasteiger charge is 2.17. The Morgan fingerprint density at radius 1 is 1.35 bits per heavy atom. The van der Waals surface area contributed by atoms with Gasteiger partial charge in [0.25, 0.3) is 0 Å². The van der Waals surface area contributed by atoms with Crippen molar-refractivity contribution >= 4 is 22.4 Å². The third kappa shape index (κ3) is 2.70. The number of nitrogens with zero attached hydrogens (tertiary/aromatic N) is 2. The first-order chi connectivity index (χ1) is 9.74. The van der Waals surface area contributed by atoms with E-state index in [9.17, 15) is 4.79 Å². The number of nitrogens with one attached hydrogen (secondary N) is 1. The van der Waals surface area contributed by atoms with Gasteiger partial charge in [-0.3, -0.25) is 4.79 Å². The average molecular weight is 283 g/mol. The number of thiazole rings is 1. The van der Waals surface area contributed by atoms with E-state index in [-0.39, 0.29) is 5.91 Å². The van der Waals surface area contributed by atoms with Crippen LogP contribution in [0.1, 0.15) is 28.1 Å². The summed E-state index contributed by atoms with van der Waals surface area (Å²) in [5, 5.41) is 12.3. The van der Waals surface area contributed by atoms with Gasteiger partial charge in [-0.25, -0.2) is 4.98 Å². The lowest BCUT2D eigenvalue weighted by molar-refractivity contribution is -0.115. The Morgan fingerprint density at radius 2 is 2.15 bits per heavy atom. The molecule has 0 spiro atoms. The summed E-state index contributed by atoms with van der Waals surface area (Å²) in [4.78, 5) is 17.7. The van der Waals surface area contributed by atoms with Crippen LogP contribution >= 0.6 is 11.3 Å². The third-order valence-electron chi connectivity index (χ3n) is 3.29. The topological polar surface area (TPSA) is 65.8 Å². The molecule has 3 rings (SSSR count). The predicted octanol–water partition coefficient (Wildman–Crippen LogP) is 2.68. The van der Waals surface area contributed by atoms with Crippen molar-refractivity contribution in [2.75, 3.05) is 5.32 Å². The third-order valence-corrected chi connectivity index (χ3v) is 4.36. The van der Waals surface area contributed by atoms with Gasteiger partial charge in [-0.2, -0.15) is 5.26 Å². The summed E-state index contributed by atoms with van der Waals surface area (Å²) < 4.78 is 0. The lowest BCUT2D eigenvalue weighted by Gasteiger charge is -2.02. The molecule has 0 bridgehead atoms. The van der Waals surface area contributed by atoms with Crippen LogP contribution in [0.2, 0.25) is 0 Å². The summed E-state index contributed by atoms with van der Waals surface area (Å²) in [6.45, 7) is 0. The Morgan fingerprint density at radius 3 is 2.85 bits per heavy atom. The minimum absolute atomic E-state index is 0.0675. The average Bonchev–Trinajstić information content (AvgIpc) is 3.00. The molecule has 1 N–H and O–H groups in total. The van der Waals surface area contributed by atoms with Crippen molar-refractivity contribution in [2.24, 2.45) is 0 Å². The minimum atomic E-state index is -0.0675. The van der Waals surface area contributed by atoms with E-state index in [4.69, 9.17) is 5.26 Å². The zero-order valence-electron chi connectivity index (χ0n) is 10.8. The first kappa shape index (κ1) is 12.8. The lowest BCUT2D eigenvalue weighted by Crippen LogP contribution is -2.14. The number of carbonyl (C=O) groups is 1. The Balaban J connectivity index is 1.62. The number of hydrogen-bond donors (Lipinski definition) is 1. The number of aryl methyl sites for hydroxylation is 2. The number of fused-ring (bicyclic) bond motifs is 1. The van der Waals surface area contributed by atoms with Gasteiger partial charge in [0.2, 0.25) is 5.91 Å². The molecule has 4 nitrogen and oxygen atoms in total. The fourth-order valence-electron chi connectivity index (χ4n) is 2.29. The smallest absolute Gasteiger partial charge is 0.230 e. The molecular formula is C15H13N3OS. The standard InChI is InChI=1S/C15H13N3OS/c16-9-11-6-4-10(5-7-11)8-14(19)18-15-17-12-2-1-3-13(12)20-15/h4-7H,1-3,8H2,(H,17,18,19). The van der Waals surface area contributed by atoms with Gasteiger partial charge in [0.15, 0.2) is 5.13 Å². The summed E-state index contributed by atoms with van der Waals surface area (Å²) in [5.41, 5.74) is 2.64. The van der Waals surface area contributed by atoms with E-state index in [1.807, 2.05) is 0 Å². The maximum absolute atomic E-state index is 12.0. The van der Waals surface area contributed by atoms with Gasteiger partial charge in [-0.15, -0.1) is 11.3 Å². The van der Waals surface area contributed by atoms with Gasteiger partial charge < -0.3 is 5.32 Å². The fourth-order valence-corrected chi connectivity index (χ4v) is 3.36. The van der Waals surface area contributed by atoms with Crippen molar-refractivity contribution in [3.8, 4) is 6.07 Å². The van der Waals surface area contributed by atoms with Crippen molar-refractivity contribution < 1.29 is 4.79 Å². The molecule has 0 saturated carbocycles. The number of aromatic nitrogens is 1. The zero-order chi connectivity index (χ0) is 13.9. The predicted molar refractivity (Wildman–Crippen MR) is 77.6 cm³/mol. The van der Waals surface area contributed by atoms with Crippen LogP contribution in [0.3, 0.4) is 0 Å². The Bertz CT molecular complexity index is 661. The van der Waals surface area contributed by atoms with E-state index in [0.29, 0.717) is 17.1 Å². The summed E-state index contributed by atoms with van der Waals surface area (Å²) in [6.07, 6.45) is 3.58. The molecule has 2 aromatic rings. The summed E-state index contributed by atoms with van der Waals surface area (Å²) in [6, 6.07) is 9.12. The van der Waals surface area contributed by atoms with Gasteiger partial charge >= 0.3 is 0 Å². The normalized spacial score (nSPS) is 12.8. The summed E-state index contributed by atoms with van der Waals surface area (Å²) >= 11 is 1.58. The van der Waals surface area contributed by atoms with Gasteiger partial charge in [-0.05, 0) is 37.0 Å². The van der Waals surface area contributed by atoms with Crippen LogP contribution in [0.25, 0.3) is 0 Å². The summed E-state index contributed by atoms with van der Waals surface area (Å²) in [7, 11) is 0. The number of amides is 1. The van der Waals surface area contributed by atoms with Crippen molar-refractivity contribution in [3.63, 3.8) is 0 Å². The maximum atomic E-state index is 12.0. The molecule has 0 aliphatic heterocycles. The van der Waals surface area contributed by atoms with Gasteiger partial charge in [-0.1, -0.05) is 12.1 Å². The van der Waals surface area contributed by atoms with Crippen molar-refractivity contribution in [3.05, 3.63) is 46.0 Å². The lowest BCUT2D eigenvalue weighted by atomic mass is 10.1. The molecule has 1 heterocycles. The SMILES string of the molecule is N#Cc1ccc(CC(=O)Nc2nc3c(s2)CCC3)cc1. The van der Waals surface area contributed by atoms with Crippen LogP contribution in [0.15, 0.2) is 24.3 Å². The molecule has 1 amide bonds. The van der Waals surface area contributed by atoms with Crippen LogP contribution in [0.5, 0.6) is 0 Å². The molecule has 1 aromatic heterocycles. The Hall–Kier alpha value is -2.19. The van der Waals surface area contributed by atoms with E-state index in [2.05, 4.69) is 16.4 Å². The Labute approximate surface area is 121 Å². The van der Waals surface area contributed by atoms with Crippen LogP contribution in [-0.4, -0.2) is 10.9 Å².